The van der Waals surface area contributed by atoms with Crippen LogP contribution in [0.2, 0.25) is 0 Å². The lowest BCUT2D eigenvalue weighted by Crippen LogP contribution is -2.53. The third kappa shape index (κ3) is 6.01. The summed E-state index contributed by atoms with van der Waals surface area (Å²) in [7, 11) is -0.973. The average molecular weight is 580 g/mol. The van der Waals surface area contributed by atoms with Gasteiger partial charge in [-0.25, -0.2) is 8.42 Å². The van der Waals surface area contributed by atoms with Gasteiger partial charge in [0.15, 0.2) is 17.6 Å². The zero-order chi connectivity index (χ0) is 29.0. The van der Waals surface area contributed by atoms with Crippen LogP contribution in [-0.4, -0.2) is 64.5 Å². The van der Waals surface area contributed by atoms with Gasteiger partial charge in [0, 0.05) is 25.7 Å². The fourth-order valence-electron chi connectivity index (χ4n) is 5.19. The highest BCUT2D eigenvalue weighted by molar-refractivity contribution is 7.89. The molecule has 41 heavy (non-hydrogen) atoms. The van der Waals surface area contributed by atoms with Crippen molar-refractivity contribution in [2.24, 2.45) is 5.92 Å². The summed E-state index contributed by atoms with van der Waals surface area (Å²) >= 11 is 0. The molecule has 2 heterocycles. The molecule has 3 aromatic rings. The van der Waals surface area contributed by atoms with Crippen molar-refractivity contribution in [3.8, 4) is 17.2 Å². The molecule has 0 unspecified atom stereocenters. The highest BCUT2D eigenvalue weighted by atomic mass is 32.2. The fourth-order valence-corrected chi connectivity index (χ4v) is 6.73. The molecule has 11 heteroatoms. The number of ether oxygens (including phenoxy) is 3. The fraction of sp³-hybridized carbons (Fsp3) is 0.333. The summed E-state index contributed by atoms with van der Waals surface area (Å²) in [6.45, 7) is 0.681. The lowest BCUT2D eigenvalue weighted by atomic mass is 9.97. The van der Waals surface area contributed by atoms with Crippen molar-refractivity contribution < 1.29 is 32.2 Å². The van der Waals surface area contributed by atoms with Crippen LogP contribution in [0.25, 0.3) is 0 Å². The molecule has 1 saturated heterocycles. The summed E-state index contributed by atoms with van der Waals surface area (Å²) < 4.78 is 45.0. The first kappa shape index (κ1) is 28.4. The van der Waals surface area contributed by atoms with Crippen molar-refractivity contribution in [1.29, 1.82) is 0 Å². The lowest BCUT2D eigenvalue weighted by Gasteiger charge is -2.38. The summed E-state index contributed by atoms with van der Waals surface area (Å²) in [5, 5.41) is 2.89. The van der Waals surface area contributed by atoms with Crippen LogP contribution < -0.4 is 24.4 Å². The Hall–Kier alpha value is -4.09. The van der Waals surface area contributed by atoms with E-state index in [2.05, 4.69) is 5.32 Å². The van der Waals surface area contributed by atoms with E-state index in [0.29, 0.717) is 48.9 Å². The van der Waals surface area contributed by atoms with Crippen molar-refractivity contribution in [2.45, 2.75) is 30.4 Å². The van der Waals surface area contributed by atoms with E-state index in [0.717, 1.165) is 5.56 Å². The van der Waals surface area contributed by atoms with Gasteiger partial charge in [-0.1, -0.05) is 42.5 Å². The molecule has 2 amide bonds. The molecular formula is C30H33N3O7S. The second-order valence-electron chi connectivity index (χ2n) is 9.95. The van der Waals surface area contributed by atoms with E-state index in [4.69, 9.17) is 14.2 Å². The number of anilines is 1. The monoisotopic (exact) mass is 579 g/mol. The minimum Gasteiger partial charge on any atom is -0.493 e. The van der Waals surface area contributed by atoms with Crippen molar-refractivity contribution in [3.63, 3.8) is 0 Å². The van der Waals surface area contributed by atoms with Crippen LogP contribution in [0.15, 0.2) is 77.7 Å². The number of sulfonamides is 1. The number of methoxy groups -OCH3 is 2. The zero-order valence-electron chi connectivity index (χ0n) is 23.0. The van der Waals surface area contributed by atoms with Crippen LogP contribution in [0.3, 0.4) is 0 Å². The molecule has 2 aliphatic heterocycles. The van der Waals surface area contributed by atoms with Crippen LogP contribution in [0, 0.1) is 5.92 Å². The number of hydrogen-bond donors (Lipinski definition) is 1. The van der Waals surface area contributed by atoms with Crippen molar-refractivity contribution in [1.82, 2.24) is 9.62 Å². The largest absolute Gasteiger partial charge is 0.493 e. The van der Waals surface area contributed by atoms with Crippen LogP contribution in [0.5, 0.6) is 17.2 Å². The molecule has 2 aliphatic rings. The number of hydrogen-bond acceptors (Lipinski definition) is 7. The number of piperidine rings is 1. The Morgan fingerprint density at radius 1 is 0.951 bits per heavy atom. The van der Waals surface area contributed by atoms with Gasteiger partial charge in [-0.2, -0.15) is 4.31 Å². The molecule has 2 atom stereocenters. The van der Waals surface area contributed by atoms with Crippen LogP contribution in [0.1, 0.15) is 18.4 Å². The quantitative estimate of drug-likeness (QED) is 0.436. The van der Waals surface area contributed by atoms with Crippen LogP contribution >= 0.6 is 0 Å². The average Bonchev–Trinajstić information content (AvgIpc) is 3.02. The Balaban J connectivity index is 1.33. The first-order valence-electron chi connectivity index (χ1n) is 13.4. The van der Waals surface area contributed by atoms with E-state index in [1.807, 2.05) is 30.3 Å². The molecule has 0 spiro atoms. The summed E-state index contributed by atoms with van der Waals surface area (Å²) in [5.41, 5.74) is 1.51. The summed E-state index contributed by atoms with van der Waals surface area (Å²) in [6, 6.07) is 21.0. The number of nitrogens with zero attached hydrogens (tertiary/aromatic N) is 2. The van der Waals surface area contributed by atoms with Crippen molar-refractivity contribution >= 4 is 27.5 Å². The van der Waals surface area contributed by atoms with E-state index in [1.54, 1.807) is 35.2 Å². The highest BCUT2D eigenvalue weighted by Gasteiger charge is 2.40. The maximum atomic E-state index is 13.9. The molecule has 0 aromatic heterocycles. The SMILES string of the molecule is COc1ccc(S(=O)(=O)N2CCC[C@@H](C(=O)N3C[C@H](C(=O)NCc4ccccc4)Oc4ccccc43)C2)cc1OC. The second-order valence-corrected chi connectivity index (χ2v) is 11.9. The van der Waals surface area contributed by atoms with Crippen LogP contribution in [0.4, 0.5) is 5.69 Å². The Morgan fingerprint density at radius 2 is 1.68 bits per heavy atom. The topological polar surface area (TPSA) is 114 Å². The molecule has 0 aliphatic carbocycles. The molecule has 5 rings (SSSR count). The Kier molecular flexibility index (Phi) is 8.46. The maximum Gasteiger partial charge on any atom is 0.263 e. The third-order valence-corrected chi connectivity index (χ3v) is 9.23. The van der Waals surface area contributed by atoms with E-state index in [9.17, 15) is 18.0 Å². The number of carbonyl (C=O) groups is 2. The van der Waals surface area contributed by atoms with Crippen molar-refractivity contribution in [3.05, 3.63) is 78.4 Å². The molecule has 1 N–H and O–H groups in total. The Labute approximate surface area is 239 Å². The maximum absolute atomic E-state index is 13.9. The number of amides is 2. The number of rotatable bonds is 8. The number of benzene rings is 3. The highest BCUT2D eigenvalue weighted by Crippen LogP contribution is 2.36. The summed E-state index contributed by atoms with van der Waals surface area (Å²) in [4.78, 5) is 28.6. The first-order valence-corrected chi connectivity index (χ1v) is 14.9. The molecular weight excluding hydrogens is 546 g/mol. The molecule has 3 aromatic carbocycles. The molecule has 10 nitrogen and oxygen atoms in total. The minimum absolute atomic E-state index is 0.0232. The van der Waals surface area contributed by atoms with E-state index in [-0.39, 0.29) is 29.8 Å². The Bertz CT molecular complexity index is 1510. The summed E-state index contributed by atoms with van der Waals surface area (Å²) in [6.07, 6.45) is 0.143. The predicted molar refractivity (Wildman–Crippen MR) is 153 cm³/mol. The van der Waals surface area contributed by atoms with Gasteiger partial charge in [-0.05, 0) is 42.7 Å². The van der Waals surface area contributed by atoms with E-state index in [1.165, 1.54) is 30.7 Å². The van der Waals surface area contributed by atoms with Gasteiger partial charge in [0.2, 0.25) is 15.9 Å². The van der Waals surface area contributed by atoms with Gasteiger partial charge < -0.3 is 24.4 Å². The second kappa shape index (κ2) is 12.2. The van der Waals surface area contributed by atoms with Crippen LogP contribution in [-0.2, 0) is 26.2 Å². The smallest absolute Gasteiger partial charge is 0.263 e. The van der Waals surface area contributed by atoms with Crippen molar-refractivity contribution in [2.75, 3.05) is 38.8 Å². The Morgan fingerprint density at radius 3 is 2.44 bits per heavy atom. The number of nitrogens with one attached hydrogen (secondary N) is 1. The normalized spacial score (nSPS) is 19.0. The number of carbonyl (C=O) groups excluding carboxylic acids is 2. The molecule has 216 valence electrons. The zero-order valence-corrected chi connectivity index (χ0v) is 23.8. The summed E-state index contributed by atoms with van der Waals surface area (Å²) in [5.74, 6) is -0.00193. The predicted octanol–water partition coefficient (Wildman–Crippen LogP) is 3.22. The molecule has 1 fully saturated rings. The molecule has 0 radical (unpaired) electrons. The minimum atomic E-state index is -3.90. The first-order chi connectivity index (χ1) is 19.8. The molecule has 0 bridgehead atoms. The van der Waals surface area contributed by atoms with Gasteiger partial charge in [0.25, 0.3) is 5.91 Å². The van der Waals surface area contributed by atoms with E-state index >= 15 is 0 Å². The van der Waals surface area contributed by atoms with Gasteiger partial charge in [-0.15, -0.1) is 0 Å². The number of para-hydroxylation sites is 2. The third-order valence-electron chi connectivity index (χ3n) is 7.37. The standard InChI is InChI=1S/C30H33N3O7S/c1-38-26-15-14-23(17-27(26)39-2)41(36,37)32-16-8-11-22(19-32)30(35)33-20-28(40-25-13-7-6-12-24(25)33)29(34)31-18-21-9-4-3-5-10-21/h3-7,9-10,12-15,17,22,28H,8,11,16,18-20H2,1-2H3,(H,31,34)/t22-,28-/m1/s1. The van der Waals surface area contributed by atoms with Gasteiger partial charge >= 0.3 is 0 Å². The van der Waals surface area contributed by atoms with Gasteiger partial charge in [-0.3, -0.25) is 9.59 Å². The number of fused-ring (bicyclic) bond motifs is 1. The lowest BCUT2D eigenvalue weighted by molar-refractivity contribution is -0.129. The van der Waals surface area contributed by atoms with Gasteiger partial charge in [0.05, 0.1) is 37.3 Å². The van der Waals surface area contributed by atoms with E-state index < -0.39 is 22.0 Å². The molecule has 0 saturated carbocycles. The van der Waals surface area contributed by atoms with Gasteiger partial charge in [0.1, 0.15) is 5.75 Å².